The van der Waals surface area contributed by atoms with Gasteiger partial charge in [-0.2, -0.15) is 18.3 Å². The van der Waals surface area contributed by atoms with Gasteiger partial charge in [0.15, 0.2) is 11.5 Å². The van der Waals surface area contributed by atoms with Crippen molar-refractivity contribution in [3.63, 3.8) is 0 Å². The lowest BCUT2D eigenvalue weighted by Crippen LogP contribution is -2.06. The number of alkyl halides is 3. The summed E-state index contributed by atoms with van der Waals surface area (Å²) in [5, 5.41) is 3.45. The highest BCUT2D eigenvalue weighted by molar-refractivity contribution is 5.94. The van der Waals surface area contributed by atoms with Gasteiger partial charge in [0.25, 0.3) is 0 Å². The second-order valence-corrected chi connectivity index (χ2v) is 4.85. The molecule has 0 bridgehead atoms. The van der Waals surface area contributed by atoms with Crippen molar-refractivity contribution in [1.29, 1.82) is 0 Å². The number of carbonyl (C=O) groups excluding carboxylic acids is 1. The standard InChI is InChI=1S/C14H11F3N4O2/c1-21-10(6-11(20-21)14(15,16)17)12-18-8-4-3-7(13(22)23-2)5-9(8)19-12/h3-6H,1-2H3,(H,18,19). The van der Waals surface area contributed by atoms with Crippen molar-refractivity contribution in [2.24, 2.45) is 7.05 Å². The summed E-state index contributed by atoms with van der Waals surface area (Å²) in [6.07, 6.45) is -4.53. The number of aromatic nitrogens is 4. The van der Waals surface area contributed by atoms with Gasteiger partial charge in [0.05, 0.1) is 23.7 Å². The molecule has 0 aliphatic heterocycles. The van der Waals surface area contributed by atoms with Crippen LogP contribution in [0.2, 0.25) is 0 Å². The molecule has 0 radical (unpaired) electrons. The summed E-state index contributed by atoms with van der Waals surface area (Å²) in [7, 11) is 2.66. The molecule has 0 spiro atoms. The lowest BCUT2D eigenvalue weighted by atomic mass is 10.2. The van der Waals surface area contributed by atoms with Gasteiger partial charge in [0, 0.05) is 7.05 Å². The second-order valence-electron chi connectivity index (χ2n) is 4.85. The molecule has 9 heteroatoms. The van der Waals surface area contributed by atoms with Crippen molar-refractivity contribution in [2.75, 3.05) is 7.11 Å². The van der Waals surface area contributed by atoms with Gasteiger partial charge in [-0.1, -0.05) is 0 Å². The number of ether oxygens (including phenoxy) is 1. The zero-order valence-corrected chi connectivity index (χ0v) is 12.1. The molecule has 0 amide bonds. The molecule has 0 aliphatic rings. The van der Waals surface area contributed by atoms with Crippen LogP contribution < -0.4 is 0 Å². The summed E-state index contributed by atoms with van der Waals surface area (Å²) in [6.45, 7) is 0. The third-order valence-corrected chi connectivity index (χ3v) is 3.32. The number of halogens is 3. The van der Waals surface area contributed by atoms with Gasteiger partial charge in [0.2, 0.25) is 0 Å². The predicted octanol–water partition coefficient (Wildman–Crippen LogP) is 2.77. The van der Waals surface area contributed by atoms with E-state index in [0.29, 0.717) is 16.6 Å². The molecule has 3 rings (SSSR count). The number of aryl methyl sites for hydroxylation is 1. The Morgan fingerprint density at radius 1 is 1.30 bits per heavy atom. The highest BCUT2D eigenvalue weighted by Crippen LogP contribution is 2.31. The van der Waals surface area contributed by atoms with Crippen molar-refractivity contribution in [3.05, 3.63) is 35.5 Å². The van der Waals surface area contributed by atoms with Crippen LogP contribution in [0.5, 0.6) is 0 Å². The van der Waals surface area contributed by atoms with Crippen LogP contribution in [-0.2, 0) is 18.0 Å². The molecular weight excluding hydrogens is 313 g/mol. The zero-order valence-electron chi connectivity index (χ0n) is 12.1. The number of imidazole rings is 1. The molecule has 1 aromatic carbocycles. The van der Waals surface area contributed by atoms with Crippen LogP contribution in [0.3, 0.4) is 0 Å². The molecule has 0 aliphatic carbocycles. The summed E-state index contributed by atoms with van der Waals surface area (Å²) in [5.74, 6) is -0.282. The topological polar surface area (TPSA) is 72.8 Å². The fraction of sp³-hybridized carbons (Fsp3) is 0.214. The normalized spacial score (nSPS) is 11.9. The van der Waals surface area contributed by atoms with E-state index in [2.05, 4.69) is 19.8 Å². The van der Waals surface area contributed by atoms with Crippen molar-refractivity contribution in [1.82, 2.24) is 19.7 Å². The van der Waals surface area contributed by atoms with Crippen molar-refractivity contribution >= 4 is 17.0 Å². The number of esters is 1. The average Bonchev–Trinajstić information content (AvgIpc) is 3.07. The van der Waals surface area contributed by atoms with E-state index in [0.717, 1.165) is 10.7 Å². The smallest absolute Gasteiger partial charge is 0.435 e. The molecule has 2 aromatic heterocycles. The third kappa shape index (κ3) is 2.65. The quantitative estimate of drug-likeness (QED) is 0.736. The Hall–Kier alpha value is -2.84. The molecule has 0 fully saturated rings. The molecule has 2 heterocycles. The summed E-state index contributed by atoms with van der Waals surface area (Å²) in [6, 6.07) is 5.56. The van der Waals surface area contributed by atoms with Crippen molar-refractivity contribution in [2.45, 2.75) is 6.18 Å². The zero-order chi connectivity index (χ0) is 16.8. The summed E-state index contributed by atoms with van der Waals surface area (Å²) >= 11 is 0. The number of nitrogens with one attached hydrogen (secondary N) is 1. The van der Waals surface area contributed by atoms with E-state index in [1.807, 2.05) is 0 Å². The number of fused-ring (bicyclic) bond motifs is 1. The molecular formula is C14H11F3N4O2. The Labute approximate surface area is 127 Å². The van der Waals surface area contributed by atoms with Crippen LogP contribution in [0.4, 0.5) is 13.2 Å². The molecule has 6 nitrogen and oxygen atoms in total. The first-order valence-corrected chi connectivity index (χ1v) is 6.49. The minimum absolute atomic E-state index is 0.188. The van der Waals surface area contributed by atoms with E-state index in [1.54, 1.807) is 6.07 Å². The number of hydrogen-bond acceptors (Lipinski definition) is 4. The van der Waals surface area contributed by atoms with Gasteiger partial charge in [-0.15, -0.1) is 0 Å². The van der Waals surface area contributed by atoms with E-state index in [4.69, 9.17) is 0 Å². The van der Waals surface area contributed by atoms with E-state index in [1.165, 1.54) is 26.3 Å². The molecule has 3 aromatic rings. The molecule has 0 saturated heterocycles. The van der Waals surface area contributed by atoms with Crippen LogP contribution in [0.15, 0.2) is 24.3 Å². The number of nitrogens with zero attached hydrogens (tertiary/aromatic N) is 3. The van der Waals surface area contributed by atoms with Crippen molar-refractivity contribution < 1.29 is 22.7 Å². The van der Waals surface area contributed by atoms with Crippen molar-refractivity contribution in [3.8, 4) is 11.5 Å². The predicted molar refractivity (Wildman–Crippen MR) is 74.6 cm³/mol. The fourth-order valence-electron chi connectivity index (χ4n) is 2.20. The van der Waals surface area contributed by atoms with Gasteiger partial charge in [-0.05, 0) is 24.3 Å². The lowest BCUT2D eigenvalue weighted by molar-refractivity contribution is -0.141. The number of rotatable bonds is 2. The molecule has 0 atom stereocenters. The number of carbonyl (C=O) groups is 1. The Morgan fingerprint density at radius 2 is 2.04 bits per heavy atom. The number of H-pyrrole nitrogens is 1. The van der Waals surface area contributed by atoms with Gasteiger partial charge in [0.1, 0.15) is 5.69 Å². The largest absolute Gasteiger partial charge is 0.465 e. The van der Waals surface area contributed by atoms with E-state index >= 15 is 0 Å². The van der Waals surface area contributed by atoms with Crippen LogP contribution in [0, 0.1) is 0 Å². The Balaban J connectivity index is 2.07. The summed E-state index contributed by atoms with van der Waals surface area (Å²) in [4.78, 5) is 18.6. The lowest BCUT2D eigenvalue weighted by Gasteiger charge is -1.98. The molecule has 0 saturated carbocycles. The first kappa shape index (κ1) is 15.1. The monoisotopic (exact) mass is 324 g/mol. The molecule has 1 N–H and O–H groups in total. The number of hydrogen-bond donors (Lipinski definition) is 1. The number of methoxy groups -OCH3 is 1. The Morgan fingerprint density at radius 3 is 2.65 bits per heavy atom. The van der Waals surface area contributed by atoms with Crippen LogP contribution in [0.1, 0.15) is 16.1 Å². The maximum atomic E-state index is 12.7. The minimum Gasteiger partial charge on any atom is -0.465 e. The van der Waals surface area contributed by atoms with Gasteiger partial charge >= 0.3 is 12.1 Å². The van der Waals surface area contributed by atoms with E-state index in [9.17, 15) is 18.0 Å². The highest BCUT2D eigenvalue weighted by Gasteiger charge is 2.35. The molecule has 23 heavy (non-hydrogen) atoms. The van der Waals surface area contributed by atoms with E-state index in [-0.39, 0.29) is 11.5 Å². The third-order valence-electron chi connectivity index (χ3n) is 3.32. The van der Waals surface area contributed by atoms with Crippen LogP contribution in [0.25, 0.3) is 22.6 Å². The first-order valence-electron chi connectivity index (χ1n) is 6.49. The number of benzene rings is 1. The molecule has 120 valence electrons. The van der Waals surface area contributed by atoms with E-state index < -0.39 is 17.8 Å². The maximum Gasteiger partial charge on any atom is 0.435 e. The highest BCUT2D eigenvalue weighted by atomic mass is 19.4. The molecule has 0 unspecified atom stereocenters. The number of aromatic amines is 1. The van der Waals surface area contributed by atoms with Gasteiger partial charge in [-0.25, -0.2) is 9.78 Å². The van der Waals surface area contributed by atoms with Crippen LogP contribution >= 0.6 is 0 Å². The summed E-state index contributed by atoms with van der Waals surface area (Å²) < 4.78 is 43.9. The minimum atomic E-state index is -4.53. The second kappa shape index (κ2) is 5.11. The average molecular weight is 324 g/mol. The van der Waals surface area contributed by atoms with Gasteiger partial charge in [-0.3, -0.25) is 4.68 Å². The fourth-order valence-corrected chi connectivity index (χ4v) is 2.20. The maximum absolute atomic E-state index is 12.7. The van der Waals surface area contributed by atoms with Gasteiger partial charge < -0.3 is 9.72 Å². The first-order chi connectivity index (χ1) is 10.8. The SMILES string of the molecule is COC(=O)c1ccc2nc(-c3cc(C(F)(F)F)nn3C)[nH]c2c1. The summed E-state index contributed by atoms with van der Waals surface area (Å²) in [5.41, 5.74) is 0.537. The Kier molecular flexibility index (Phi) is 3.35. The Bertz CT molecular complexity index is 895. The van der Waals surface area contributed by atoms with Crippen LogP contribution in [-0.4, -0.2) is 32.8 Å².